The highest BCUT2D eigenvalue weighted by Crippen LogP contribution is 2.35. The maximum Gasteiger partial charge on any atom is 0.347 e. The highest BCUT2D eigenvalue weighted by atomic mass is 32.1. The molecule has 0 unspecified atom stereocenters. The summed E-state index contributed by atoms with van der Waals surface area (Å²) in [4.78, 5) is 16.1. The molecule has 0 aliphatic heterocycles. The van der Waals surface area contributed by atoms with E-state index in [0.29, 0.717) is 22.2 Å². The molecule has 102 valence electrons. The number of aromatic nitrogens is 1. The van der Waals surface area contributed by atoms with Crippen molar-refractivity contribution in [3.05, 3.63) is 15.6 Å². The fourth-order valence-corrected chi connectivity index (χ4v) is 2.82. The standard InChI is InChI=1S/C13H21NO3S/c1-7-17-13(5,6)11-14-9(12(2,3)4)8(18-11)10(15)16/h7H2,1-6H3,(H,15,16). The van der Waals surface area contributed by atoms with Crippen LogP contribution in [0.3, 0.4) is 0 Å². The van der Waals surface area contributed by atoms with E-state index in [1.807, 2.05) is 41.5 Å². The van der Waals surface area contributed by atoms with E-state index in [2.05, 4.69) is 4.98 Å². The molecule has 1 heterocycles. The molecule has 0 fully saturated rings. The summed E-state index contributed by atoms with van der Waals surface area (Å²) in [5, 5.41) is 9.98. The molecule has 1 aromatic heterocycles. The van der Waals surface area contributed by atoms with Gasteiger partial charge in [0.15, 0.2) is 0 Å². The number of hydrogen-bond acceptors (Lipinski definition) is 4. The third-order valence-corrected chi connectivity index (χ3v) is 3.90. The van der Waals surface area contributed by atoms with Crippen molar-refractivity contribution >= 4 is 17.3 Å². The fraction of sp³-hybridized carbons (Fsp3) is 0.692. The summed E-state index contributed by atoms with van der Waals surface area (Å²) in [6.45, 7) is 12.2. The number of ether oxygens (including phenoxy) is 1. The molecule has 1 aromatic rings. The van der Waals surface area contributed by atoms with Gasteiger partial charge >= 0.3 is 5.97 Å². The van der Waals surface area contributed by atoms with Crippen molar-refractivity contribution in [2.45, 2.75) is 52.6 Å². The molecule has 0 spiro atoms. The number of nitrogens with zero attached hydrogens (tertiary/aromatic N) is 1. The Hall–Kier alpha value is -0.940. The van der Waals surface area contributed by atoms with Crippen molar-refractivity contribution in [1.29, 1.82) is 0 Å². The summed E-state index contributed by atoms with van der Waals surface area (Å²) in [5.41, 5.74) is -0.208. The summed E-state index contributed by atoms with van der Waals surface area (Å²) in [6.07, 6.45) is 0. The van der Waals surface area contributed by atoms with E-state index < -0.39 is 11.6 Å². The minimum atomic E-state index is -0.920. The summed E-state index contributed by atoms with van der Waals surface area (Å²) >= 11 is 1.21. The van der Waals surface area contributed by atoms with Gasteiger partial charge in [-0.15, -0.1) is 11.3 Å². The van der Waals surface area contributed by atoms with Gasteiger partial charge in [-0.05, 0) is 20.8 Å². The van der Waals surface area contributed by atoms with Crippen LogP contribution in [0.5, 0.6) is 0 Å². The third kappa shape index (κ3) is 3.09. The SMILES string of the molecule is CCOC(C)(C)c1nc(C(C)(C)C)c(C(=O)O)s1. The van der Waals surface area contributed by atoms with Gasteiger partial charge in [-0.3, -0.25) is 0 Å². The Morgan fingerprint density at radius 1 is 1.33 bits per heavy atom. The number of carboxylic acid groups (broad SMARTS) is 1. The van der Waals surface area contributed by atoms with E-state index in [-0.39, 0.29) is 5.41 Å². The molecule has 0 radical (unpaired) electrons. The topological polar surface area (TPSA) is 59.4 Å². The van der Waals surface area contributed by atoms with Crippen molar-refractivity contribution in [3.63, 3.8) is 0 Å². The molecule has 5 heteroatoms. The normalized spacial score (nSPS) is 12.8. The number of carbonyl (C=O) groups is 1. The quantitative estimate of drug-likeness (QED) is 0.911. The lowest BCUT2D eigenvalue weighted by molar-refractivity contribution is -0.0143. The van der Waals surface area contributed by atoms with Gasteiger partial charge in [0.2, 0.25) is 0 Å². The number of carboxylic acids is 1. The third-order valence-electron chi connectivity index (χ3n) is 2.55. The van der Waals surface area contributed by atoms with Crippen LogP contribution >= 0.6 is 11.3 Å². The molecular weight excluding hydrogens is 250 g/mol. The minimum Gasteiger partial charge on any atom is -0.477 e. The zero-order valence-corrected chi connectivity index (χ0v) is 12.6. The average Bonchev–Trinajstić information content (AvgIpc) is 2.61. The first-order valence-corrected chi connectivity index (χ1v) is 6.80. The van der Waals surface area contributed by atoms with E-state index in [4.69, 9.17) is 4.74 Å². The number of rotatable bonds is 4. The highest BCUT2D eigenvalue weighted by molar-refractivity contribution is 7.13. The first-order valence-electron chi connectivity index (χ1n) is 5.98. The Kier molecular flexibility index (Phi) is 4.18. The zero-order chi connectivity index (χ0) is 14.1. The molecule has 0 aliphatic rings. The van der Waals surface area contributed by atoms with Crippen LogP contribution in [-0.2, 0) is 15.8 Å². The molecule has 0 aromatic carbocycles. The highest BCUT2D eigenvalue weighted by Gasteiger charge is 2.32. The maximum atomic E-state index is 11.3. The number of aromatic carboxylic acids is 1. The van der Waals surface area contributed by atoms with Crippen LogP contribution < -0.4 is 0 Å². The fourth-order valence-electron chi connectivity index (χ4n) is 1.65. The predicted molar refractivity (Wildman–Crippen MR) is 72.4 cm³/mol. The van der Waals surface area contributed by atoms with Gasteiger partial charge in [-0.1, -0.05) is 20.8 Å². The smallest absolute Gasteiger partial charge is 0.347 e. The predicted octanol–water partition coefficient (Wildman–Crippen LogP) is 3.41. The molecule has 0 saturated heterocycles. The largest absolute Gasteiger partial charge is 0.477 e. The Bertz CT molecular complexity index is 444. The van der Waals surface area contributed by atoms with Crippen LogP contribution in [0, 0.1) is 0 Å². The lowest BCUT2D eigenvalue weighted by Crippen LogP contribution is -2.22. The monoisotopic (exact) mass is 271 g/mol. The number of hydrogen-bond donors (Lipinski definition) is 1. The van der Waals surface area contributed by atoms with E-state index in [0.717, 1.165) is 0 Å². The van der Waals surface area contributed by atoms with Crippen molar-refractivity contribution in [2.75, 3.05) is 6.61 Å². The first-order chi connectivity index (χ1) is 8.09. The van der Waals surface area contributed by atoms with Gasteiger partial charge in [0, 0.05) is 12.0 Å². The molecule has 18 heavy (non-hydrogen) atoms. The molecule has 0 atom stereocenters. The Morgan fingerprint density at radius 3 is 2.22 bits per heavy atom. The second kappa shape index (κ2) is 4.97. The number of thiazole rings is 1. The molecule has 0 amide bonds. The van der Waals surface area contributed by atoms with Gasteiger partial charge in [-0.2, -0.15) is 0 Å². The second-order valence-electron chi connectivity index (χ2n) is 5.70. The van der Waals surface area contributed by atoms with Crippen LogP contribution in [0.4, 0.5) is 0 Å². The maximum absolute atomic E-state index is 11.3. The Labute approximate surface area is 112 Å². The molecule has 0 aliphatic carbocycles. The molecule has 0 saturated carbocycles. The first kappa shape index (κ1) is 15.1. The summed E-state index contributed by atoms with van der Waals surface area (Å²) < 4.78 is 5.63. The van der Waals surface area contributed by atoms with Crippen LogP contribution in [0.1, 0.15) is 61.9 Å². The van der Waals surface area contributed by atoms with Crippen LogP contribution in [0.15, 0.2) is 0 Å². The van der Waals surface area contributed by atoms with Crippen LogP contribution in [-0.4, -0.2) is 22.7 Å². The summed E-state index contributed by atoms with van der Waals surface area (Å²) in [7, 11) is 0. The second-order valence-corrected chi connectivity index (χ2v) is 6.69. The molecular formula is C13H21NO3S. The molecule has 0 bridgehead atoms. The van der Waals surface area contributed by atoms with Gasteiger partial charge in [-0.25, -0.2) is 9.78 Å². The summed E-state index contributed by atoms with van der Waals surface area (Å²) in [5.74, 6) is -0.920. The van der Waals surface area contributed by atoms with E-state index >= 15 is 0 Å². The summed E-state index contributed by atoms with van der Waals surface area (Å²) in [6, 6.07) is 0. The van der Waals surface area contributed by atoms with Crippen molar-refractivity contribution in [1.82, 2.24) is 4.98 Å². The van der Waals surface area contributed by atoms with E-state index in [9.17, 15) is 9.90 Å². The van der Waals surface area contributed by atoms with E-state index in [1.54, 1.807) is 0 Å². The molecule has 1 rings (SSSR count). The zero-order valence-electron chi connectivity index (χ0n) is 11.8. The van der Waals surface area contributed by atoms with Crippen LogP contribution in [0.25, 0.3) is 0 Å². The van der Waals surface area contributed by atoms with E-state index in [1.165, 1.54) is 11.3 Å². The minimum absolute atomic E-state index is 0.287. The van der Waals surface area contributed by atoms with Gasteiger partial charge < -0.3 is 9.84 Å². The van der Waals surface area contributed by atoms with Crippen molar-refractivity contribution in [2.24, 2.45) is 0 Å². The van der Waals surface area contributed by atoms with Crippen LogP contribution in [0.2, 0.25) is 0 Å². The lowest BCUT2D eigenvalue weighted by atomic mass is 9.91. The van der Waals surface area contributed by atoms with Gasteiger partial charge in [0.1, 0.15) is 15.5 Å². The Morgan fingerprint density at radius 2 is 1.89 bits per heavy atom. The Balaban J connectivity index is 3.31. The van der Waals surface area contributed by atoms with Gasteiger partial charge in [0.25, 0.3) is 0 Å². The average molecular weight is 271 g/mol. The van der Waals surface area contributed by atoms with Crippen molar-refractivity contribution in [3.8, 4) is 0 Å². The molecule has 4 nitrogen and oxygen atoms in total. The lowest BCUT2D eigenvalue weighted by Gasteiger charge is -2.22. The van der Waals surface area contributed by atoms with Gasteiger partial charge in [0.05, 0.1) is 5.69 Å². The molecule has 1 N–H and O–H groups in total. The van der Waals surface area contributed by atoms with Crippen molar-refractivity contribution < 1.29 is 14.6 Å².